The summed E-state index contributed by atoms with van der Waals surface area (Å²) in [7, 11) is 1.90. The van der Waals surface area contributed by atoms with Crippen molar-refractivity contribution in [3.63, 3.8) is 0 Å². The number of hydrogen-bond acceptors (Lipinski definition) is 8. The van der Waals surface area contributed by atoms with Gasteiger partial charge in [-0.3, -0.25) is 9.40 Å². The number of aryl methyl sites for hydroxylation is 3. The van der Waals surface area contributed by atoms with E-state index >= 15 is 0 Å². The molecule has 0 spiro atoms. The molecule has 0 atom stereocenters. The molecule has 204 valence electrons. The zero-order valence-electron chi connectivity index (χ0n) is 23.6. The molecule has 8 nitrogen and oxygen atoms in total. The molecule has 2 aromatic heterocycles. The van der Waals surface area contributed by atoms with Crippen LogP contribution in [0.5, 0.6) is 11.6 Å². The van der Waals surface area contributed by atoms with Gasteiger partial charge in [0.05, 0.1) is 16.8 Å². The number of benzene rings is 2. The van der Waals surface area contributed by atoms with Crippen molar-refractivity contribution < 1.29 is 4.74 Å². The van der Waals surface area contributed by atoms with Gasteiger partial charge in [-0.25, -0.2) is 4.98 Å². The summed E-state index contributed by atoms with van der Waals surface area (Å²) in [5, 5.41) is 7.67. The van der Waals surface area contributed by atoms with Crippen LogP contribution in [0.3, 0.4) is 0 Å². The summed E-state index contributed by atoms with van der Waals surface area (Å²) in [4.78, 5) is 13.3. The van der Waals surface area contributed by atoms with E-state index in [1.54, 1.807) is 4.68 Å². The molecule has 0 bridgehead atoms. The normalized spacial score (nSPS) is 13.5. The number of piperazine rings is 1. The molecule has 9 heteroatoms. The molecule has 1 saturated heterocycles. The third kappa shape index (κ3) is 5.89. The Balaban J connectivity index is 1.54. The molecule has 0 aliphatic carbocycles. The van der Waals surface area contributed by atoms with Crippen molar-refractivity contribution in [1.82, 2.24) is 25.1 Å². The number of anilines is 2. The van der Waals surface area contributed by atoms with Gasteiger partial charge in [0.2, 0.25) is 11.8 Å². The van der Waals surface area contributed by atoms with Gasteiger partial charge in [-0.15, -0.1) is 0 Å². The fraction of sp³-hybridized carbons (Fsp3) is 0.367. The first-order valence-electron chi connectivity index (χ1n) is 13.5. The molecule has 0 unspecified atom stereocenters. The minimum Gasteiger partial charge on any atom is -0.439 e. The summed E-state index contributed by atoms with van der Waals surface area (Å²) in [6, 6.07) is 10.6. The zero-order valence-corrected chi connectivity index (χ0v) is 24.4. The maximum atomic E-state index is 6.49. The topological polar surface area (TPSA) is 80.1 Å². The van der Waals surface area contributed by atoms with Crippen molar-refractivity contribution in [2.45, 2.75) is 45.9 Å². The fourth-order valence-corrected chi connectivity index (χ4v) is 5.61. The summed E-state index contributed by atoms with van der Waals surface area (Å²) >= 11 is 1.43. The summed E-state index contributed by atoms with van der Waals surface area (Å²) in [6.45, 7) is 14.8. The molecule has 2 aromatic carbocycles. The highest BCUT2D eigenvalue weighted by molar-refractivity contribution is 8.00. The van der Waals surface area contributed by atoms with E-state index in [0.717, 1.165) is 60.1 Å². The van der Waals surface area contributed by atoms with Crippen LogP contribution in [0.4, 0.5) is 11.6 Å². The summed E-state index contributed by atoms with van der Waals surface area (Å²) in [6.07, 6.45) is 4.51. The molecule has 1 fully saturated rings. The fourth-order valence-electron chi connectivity index (χ4n) is 5.01. The van der Waals surface area contributed by atoms with Crippen molar-refractivity contribution in [3.05, 3.63) is 70.5 Å². The quantitative estimate of drug-likeness (QED) is 0.262. The van der Waals surface area contributed by atoms with Gasteiger partial charge in [0, 0.05) is 56.2 Å². The van der Waals surface area contributed by atoms with Crippen LogP contribution in [0.15, 0.2) is 47.6 Å². The Morgan fingerprint density at radius 2 is 1.69 bits per heavy atom. The second kappa shape index (κ2) is 11.7. The SMILES string of the molecule is CCc1c(Oc2ccc(N3CCNCC3)cc2)nc(NSc2cnn(C)c2)nc1-c1c(C)c(C)cc(C)c1C. The first-order chi connectivity index (χ1) is 18.8. The standard InChI is InChI=1S/C30H37N7OS/c1-7-26-28(27-21(4)19(2)16-20(3)22(27)5)33-30(35-39-25-17-32-36(6)18-25)34-29(26)38-24-10-8-23(9-11-24)37-14-12-31-13-15-37/h8-11,16-18,31H,7,12-15H2,1-6H3,(H,33,34,35). The molecule has 4 aromatic rings. The molecular weight excluding hydrogens is 506 g/mol. The largest absolute Gasteiger partial charge is 0.439 e. The van der Waals surface area contributed by atoms with Gasteiger partial charge in [-0.1, -0.05) is 13.0 Å². The van der Waals surface area contributed by atoms with Crippen molar-refractivity contribution in [3.8, 4) is 22.9 Å². The van der Waals surface area contributed by atoms with E-state index < -0.39 is 0 Å². The first-order valence-corrected chi connectivity index (χ1v) is 14.3. The van der Waals surface area contributed by atoms with E-state index in [0.29, 0.717) is 11.8 Å². The molecule has 0 amide bonds. The molecule has 3 heterocycles. The lowest BCUT2D eigenvalue weighted by Crippen LogP contribution is -2.43. The summed E-state index contributed by atoms with van der Waals surface area (Å²) < 4.78 is 11.6. The Bertz CT molecular complexity index is 1430. The molecule has 39 heavy (non-hydrogen) atoms. The Morgan fingerprint density at radius 3 is 2.31 bits per heavy atom. The smallest absolute Gasteiger partial charge is 0.237 e. The molecule has 1 aliphatic rings. The minimum absolute atomic E-state index is 0.501. The van der Waals surface area contributed by atoms with Crippen LogP contribution >= 0.6 is 11.9 Å². The maximum Gasteiger partial charge on any atom is 0.237 e. The van der Waals surface area contributed by atoms with E-state index in [1.165, 1.54) is 39.9 Å². The van der Waals surface area contributed by atoms with Crippen LogP contribution < -0.4 is 19.7 Å². The van der Waals surface area contributed by atoms with Crippen LogP contribution in [-0.4, -0.2) is 45.9 Å². The lowest BCUT2D eigenvalue weighted by atomic mass is 9.90. The van der Waals surface area contributed by atoms with Gasteiger partial charge in [-0.2, -0.15) is 10.1 Å². The van der Waals surface area contributed by atoms with Gasteiger partial charge in [0.1, 0.15) is 5.75 Å². The zero-order chi connectivity index (χ0) is 27.5. The van der Waals surface area contributed by atoms with Crippen molar-refractivity contribution >= 4 is 23.6 Å². The average Bonchev–Trinajstić information content (AvgIpc) is 3.37. The third-order valence-corrected chi connectivity index (χ3v) is 8.13. The Labute approximate surface area is 235 Å². The van der Waals surface area contributed by atoms with E-state index in [-0.39, 0.29) is 0 Å². The van der Waals surface area contributed by atoms with E-state index in [9.17, 15) is 0 Å². The number of rotatable bonds is 8. The lowest BCUT2D eigenvalue weighted by Gasteiger charge is -2.29. The van der Waals surface area contributed by atoms with Gasteiger partial charge >= 0.3 is 0 Å². The van der Waals surface area contributed by atoms with E-state index in [2.05, 4.69) is 72.9 Å². The molecule has 0 radical (unpaired) electrons. The molecule has 1 aliphatic heterocycles. The number of nitrogens with one attached hydrogen (secondary N) is 2. The number of nitrogens with zero attached hydrogens (tertiary/aromatic N) is 5. The molecule has 2 N–H and O–H groups in total. The maximum absolute atomic E-state index is 6.49. The summed E-state index contributed by atoms with van der Waals surface area (Å²) in [5.74, 6) is 1.83. The Kier molecular flexibility index (Phi) is 8.09. The monoisotopic (exact) mass is 543 g/mol. The molecule has 5 rings (SSSR count). The van der Waals surface area contributed by atoms with Crippen LogP contribution in [-0.2, 0) is 13.5 Å². The highest BCUT2D eigenvalue weighted by Crippen LogP contribution is 2.38. The minimum atomic E-state index is 0.501. The predicted molar refractivity (Wildman–Crippen MR) is 160 cm³/mol. The Hall–Kier alpha value is -3.56. The van der Waals surface area contributed by atoms with Crippen LogP contribution in [0.25, 0.3) is 11.3 Å². The van der Waals surface area contributed by atoms with E-state index in [1.807, 2.05) is 31.6 Å². The van der Waals surface area contributed by atoms with Gasteiger partial charge in [0.25, 0.3) is 0 Å². The van der Waals surface area contributed by atoms with Crippen molar-refractivity contribution in [2.75, 3.05) is 35.8 Å². The predicted octanol–water partition coefficient (Wildman–Crippen LogP) is 5.99. The van der Waals surface area contributed by atoms with Gasteiger partial charge < -0.3 is 15.0 Å². The van der Waals surface area contributed by atoms with Crippen molar-refractivity contribution in [1.29, 1.82) is 0 Å². The van der Waals surface area contributed by atoms with Gasteiger partial charge in [0.15, 0.2) is 0 Å². The van der Waals surface area contributed by atoms with E-state index in [4.69, 9.17) is 14.7 Å². The molecular formula is C30H37N7OS. The number of aromatic nitrogens is 4. The summed E-state index contributed by atoms with van der Waals surface area (Å²) in [5.41, 5.74) is 9.22. The number of hydrogen-bond donors (Lipinski definition) is 2. The highest BCUT2D eigenvalue weighted by Gasteiger charge is 2.22. The van der Waals surface area contributed by atoms with Crippen LogP contribution in [0, 0.1) is 27.7 Å². The highest BCUT2D eigenvalue weighted by atomic mass is 32.2. The molecule has 0 saturated carbocycles. The number of ether oxygens (including phenoxy) is 1. The average molecular weight is 544 g/mol. The van der Waals surface area contributed by atoms with Crippen molar-refractivity contribution in [2.24, 2.45) is 7.05 Å². The second-order valence-electron chi connectivity index (χ2n) is 10.1. The van der Waals surface area contributed by atoms with Crippen LogP contribution in [0.1, 0.15) is 34.7 Å². The third-order valence-electron chi connectivity index (χ3n) is 7.40. The Morgan fingerprint density at radius 1 is 1.00 bits per heavy atom. The van der Waals surface area contributed by atoms with Crippen LogP contribution in [0.2, 0.25) is 0 Å². The second-order valence-corrected chi connectivity index (χ2v) is 10.9. The lowest BCUT2D eigenvalue weighted by molar-refractivity contribution is 0.456. The first kappa shape index (κ1) is 27.0. The van der Waals surface area contributed by atoms with Gasteiger partial charge in [-0.05, 0) is 92.6 Å².